The van der Waals surface area contributed by atoms with Gasteiger partial charge < -0.3 is 10.2 Å². The Labute approximate surface area is 141 Å². The van der Waals surface area contributed by atoms with E-state index in [4.69, 9.17) is 0 Å². The average molecular weight is 320 g/mol. The van der Waals surface area contributed by atoms with Gasteiger partial charge in [-0.15, -0.1) is 0 Å². The molecule has 5 heteroatoms. The van der Waals surface area contributed by atoms with Crippen LogP contribution in [0.25, 0.3) is 0 Å². The second-order valence-corrected chi connectivity index (χ2v) is 5.78. The largest absolute Gasteiger partial charge is 0.376 e. The van der Waals surface area contributed by atoms with Gasteiger partial charge in [0.2, 0.25) is 0 Å². The van der Waals surface area contributed by atoms with Crippen LogP contribution in [0.4, 0.5) is 11.4 Å². The van der Waals surface area contributed by atoms with Crippen molar-refractivity contribution in [3.63, 3.8) is 0 Å². The van der Waals surface area contributed by atoms with Crippen molar-refractivity contribution in [1.82, 2.24) is 9.78 Å². The molecule has 1 amide bonds. The Bertz CT molecular complexity index is 824. The third-order valence-corrected chi connectivity index (χ3v) is 3.72. The number of hydrogen-bond donors (Lipinski definition) is 1. The minimum Gasteiger partial charge on any atom is -0.376 e. The van der Waals surface area contributed by atoms with E-state index in [0.717, 1.165) is 16.9 Å². The van der Waals surface area contributed by atoms with Gasteiger partial charge in [0.05, 0.1) is 29.7 Å². The van der Waals surface area contributed by atoms with Crippen LogP contribution in [0.2, 0.25) is 0 Å². The summed E-state index contributed by atoms with van der Waals surface area (Å²) in [6.45, 7) is 0.641. The first-order valence-corrected chi connectivity index (χ1v) is 7.77. The first kappa shape index (κ1) is 15.8. The standard InChI is InChI=1S/C19H20N4O/c1-22(2)18-11-7-6-10-17(18)21-19(24)16-12-20-23(14-16)13-15-8-4-3-5-9-15/h3-12,14H,13H2,1-2H3,(H,21,24). The maximum atomic E-state index is 12.5. The summed E-state index contributed by atoms with van der Waals surface area (Å²) < 4.78 is 1.77. The van der Waals surface area contributed by atoms with E-state index < -0.39 is 0 Å². The minimum atomic E-state index is -0.163. The highest BCUT2D eigenvalue weighted by Gasteiger charge is 2.12. The van der Waals surface area contributed by atoms with E-state index in [9.17, 15) is 4.79 Å². The third-order valence-electron chi connectivity index (χ3n) is 3.72. The monoisotopic (exact) mass is 320 g/mol. The second kappa shape index (κ2) is 7.00. The van der Waals surface area contributed by atoms with E-state index in [0.29, 0.717) is 12.1 Å². The molecule has 0 saturated carbocycles. The number of amides is 1. The topological polar surface area (TPSA) is 50.2 Å². The Balaban J connectivity index is 1.73. The molecule has 122 valence electrons. The predicted octanol–water partition coefficient (Wildman–Crippen LogP) is 3.25. The first-order chi connectivity index (χ1) is 11.6. The molecule has 1 aromatic heterocycles. The number of benzene rings is 2. The molecule has 0 aliphatic rings. The van der Waals surface area contributed by atoms with Crippen LogP contribution >= 0.6 is 0 Å². The molecule has 0 unspecified atom stereocenters. The molecular formula is C19H20N4O. The van der Waals surface area contributed by atoms with Gasteiger partial charge in [-0.2, -0.15) is 5.10 Å². The van der Waals surface area contributed by atoms with Crippen LogP contribution in [-0.2, 0) is 6.54 Å². The zero-order valence-corrected chi connectivity index (χ0v) is 13.8. The fourth-order valence-corrected chi connectivity index (χ4v) is 2.50. The van der Waals surface area contributed by atoms with Crippen LogP contribution in [0.5, 0.6) is 0 Å². The summed E-state index contributed by atoms with van der Waals surface area (Å²) in [4.78, 5) is 14.4. The van der Waals surface area contributed by atoms with Crippen molar-refractivity contribution in [2.45, 2.75) is 6.54 Å². The number of para-hydroxylation sites is 2. The van der Waals surface area contributed by atoms with Crippen LogP contribution in [0.15, 0.2) is 67.0 Å². The van der Waals surface area contributed by atoms with Crippen molar-refractivity contribution in [2.24, 2.45) is 0 Å². The molecular weight excluding hydrogens is 300 g/mol. The van der Waals surface area contributed by atoms with Crippen LogP contribution < -0.4 is 10.2 Å². The zero-order chi connectivity index (χ0) is 16.9. The van der Waals surface area contributed by atoms with E-state index in [1.165, 1.54) is 0 Å². The lowest BCUT2D eigenvalue weighted by Gasteiger charge is -2.17. The summed E-state index contributed by atoms with van der Waals surface area (Å²) >= 11 is 0. The van der Waals surface area contributed by atoms with Gasteiger partial charge in [0.15, 0.2) is 0 Å². The van der Waals surface area contributed by atoms with Gasteiger partial charge in [-0.1, -0.05) is 42.5 Å². The molecule has 0 atom stereocenters. The number of anilines is 2. The Morgan fingerprint density at radius 1 is 1.08 bits per heavy atom. The molecule has 3 aromatic rings. The van der Waals surface area contributed by atoms with E-state index in [1.807, 2.05) is 73.6 Å². The molecule has 0 aliphatic heterocycles. The highest BCUT2D eigenvalue weighted by atomic mass is 16.1. The van der Waals surface area contributed by atoms with Gasteiger partial charge in [0, 0.05) is 20.3 Å². The number of aromatic nitrogens is 2. The van der Waals surface area contributed by atoms with Crippen molar-refractivity contribution in [3.05, 3.63) is 78.1 Å². The Hall–Kier alpha value is -3.08. The van der Waals surface area contributed by atoms with Gasteiger partial charge >= 0.3 is 0 Å². The predicted molar refractivity (Wildman–Crippen MR) is 96.5 cm³/mol. The van der Waals surface area contributed by atoms with E-state index in [2.05, 4.69) is 10.4 Å². The normalized spacial score (nSPS) is 10.4. The molecule has 2 aromatic carbocycles. The van der Waals surface area contributed by atoms with E-state index in [-0.39, 0.29) is 5.91 Å². The molecule has 1 heterocycles. The smallest absolute Gasteiger partial charge is 0.258 e. The molecule has 0 saturated heterocycles. The highest BCUT2D eigenvalue weighted by molar-refractivity contribution is 6.05. The van der Waals surface area contributed by atoms with Gasteiger partial charge in [0.25, 0.3) is 5.91 Å². The van der Waals surface area contributed by atoms with Gasteiger partial charge in [0.1, 0.15) is 0 Å². The highest BCUT2D eigenvalue weighted by Crippen LogP contribution is 2.24. The van der Waals surface area contributed by atoms with Crippen LogP contribution in [0.1, 0.15) is 15.9 Å². The summed E-state index contributed by atoms with van der Waals surface area (Å²) in [5, 5.41) is 7.23. The summed E-state index contributed by atoms with van der Waals surface area (Å²) in [6.07, 6.45) is 3.36. The summed E-state index contributed by atoms with van der Waals surface area (Å²) in [5.41, 5.74) is 3.43. The van der Waals surface area contributed by atoms with Crippen molar-refractivity contribution >= 4 is 17.3 Å². The van der Waals surface area contributed by atoms with E-state index in [1.54, 1.807) is 17.1 Å². The molecule has 0 bridgehead atoms. The number of nitrogens with zero attached hydrogens (tertiary/aromatic N) is 3. The summed E-state index contributed by atoms with van der Waals surface area (Å²) in [7, 11) is 3.89. The van der Waals surface area contributed by atoms with Gasteiger partial charge in [-0.25, -0.2) is 0 Å². The number of rotatable bonds is 5. The molecule has 3 rings (SSSR count). The number of carbonyl (C=O) groups is 1. The second-order valence-electron chi connectivity index (χ2n) is 5.78. The molecule has 5 nitrogen and oxygen atoms in total. The Kier molecular flexibility index (Phi) is 4.61. The lowest BCUT2D eigenvalue weighted by molar-refractivity contribution is 0.102. The lowest BCUT2D eigenvalue weighted by Crippen LogP contribution is -2.16. The third kappa shape index (κ3) is 3.63. The lowest BCUT2D eigenvalue weighted by atomic mass is 10.2. The van der Waals surface area contributed by atoms with Crippen LogP contribution in [0.3, 0.4) is 0 Å². The number of nitrogens with one attached hydrogen (secondary N) is 1. The Morgan fingerprint density at radius 3 is 2.54 bits per heavy atom. The van der Waals surface area contributed by atoms with Crippen molar-refractivity contribution < 1.29 is 4.79 Å². The quantitative estimate of drug-likeness (QED) is 0.785. The maximum Gasteiger partial charge on any atom is 0.258 e. The molecule has 0 aliphatic carbocycles. The first-order valence-electron chi connectivity index (χ1n) is 7.77. The SMILES string of the molecule is CN(C)c1ccccc1NC(=O)c1cnn(Cc2ccccc2)c1. The van der Waals surface area contributed by atoms with Gasteiger partial charge in [-0.3, -0.25) is 9.48 Å². The molecule has 1 N–H and O–H groups in total. The van der Waals surface area contributed by atoms with Gasteiger partial charge in [-0.05, 0) is 17.7 Å². The van der Waals surface area contributed by atoms with Crippen LogP contribution in [0, 0.1) is 0 Å². The summed E-state index contributed by atoms with van der Waals surface area (Å²) in [5.74, 6) is -0.163. The zero-order valence-electron chi connectivity index (χ0n) is 13.8. The number of hydrogen-bond acceptors (Lipinski definition) is 3. The maximum absolute atomic E-state index is 12.5. The van der Waals surface area contributed by atoms with Crippen molar-refractivity contribution in [3.8, 4) is 0 Å². The number of carbonyl (C=O) groups excluding carboxylic acids is 1. The molecule has 0 fully saturated rings. The van der Waals surface area contributed by atoms with Crippen molar-refractivity contribution in [1.29, 1.82) is 0 Å². The Morgan fingerprint density at radius 2 is 1.79 bits per heavy atom. The average Bonchev–Trinajstić information content (AvgIpc) is 3.05. The molecule has 0 radical (unpaired) electrons. The fourth-order valence-electron chi connectivity index (χ4n) is 2.50. The minimum absolute atomic E-state index is 0.163. The molecule has 0 spiro atoms. The van der Waals surface area contributed by atoms with E-state index >= 15 is 0 Å². The van der Waals surface area contributed by atoms with Crippen LogP contribution in [-0.4, -0.2) is 29.8 Å². The summed E-state index contributed by atoms with van der Waals surface area (Å²) in [6, 6.07) is 17.7. The fraction of sp³-hybridized carbons (Fsp3) is 0.158. The molecule has 24 heavy (non-hydrogen) atoms. The van der Waals surface area contributed by atoms with Crippen molar-refractivity contribution in [2.75, 3.05) is 24.3 Å².